The molecule has 0 unspecified atom stereocenters. The van der Waals surface area contributed by atoms with Crippen LogP contribution in [0.4, 0.5) is 0 Å². The topological polar surface area (TPSA) is 30.7 Å². The number of aromatic nitrogens is 3. The number of hydrogen-bond acceptors (Lipinski definition) is 2. The summed E-state index contributed by atoms with van der Waals surface area (Å²) in [4.78, 5) is 4.62. The van der Waals surface area contributed by atoms with E-state index in [2.05, 4.69) is 34.0 Å². The standard InChI is InChI=1S/C18H23N3/c1-18(7-2-3-8-18)13-21-12-16(11-20-21)15-9-14-5-4-6-17(14)19-10-15/h9-12H,2-8,13H2,1H3. The van der Waals surface area contributed by atoms with Crippen LogP contribution in [-0.2, 0) is 19.4 Å². The number of hydrogen-bond donors (Lipinski definition) is 0. The second-order valence-electron chi connectivity index (χ2n) is 7.13. The third-order valence-electron chi connectivity index (χ3n) is 5.24. The van der Waals surface area contributed by atoms with Gasteiger partial charge < -0.3 is 0 Å². The van der Waals surface area contributed by atoms with Crippen molar-refractivity contribution in [3.05, 3.63) is 35.9 Å². The maximum Gasteiger partial charge on any atom is 0.0568 e. The van der Waals surface area contributed by atoms with Crippen LogP contribution in [0.15, 0.2) is 24.7 Å². The summed E-state index contributed by atoms with van der Waals surface area (Å²) in [5.41, 5.74) is 5.60. The predicted octanol–water partition coefficient (Wildman–Crippen LogP) is 4.01. The van der Waals surface area contributed by atoms with E-state index in [1.54, 1.807) is 0 Å². The quantitative estimate of drug-likeness (QED) is 0.851. The largest absolute Gasteiger partial charge is 0.272 e. The van der Waals surface area contributed by atoms with E-state index in [4.69, 9.17) is 0 Å². The molecule has 21 heavy (non-hydrogen) atoms. The van der Waals surface area contributed by atoms with Gasteiger partial charge in [0.05, 0.1) is 6.20 Å². The van der Waals surface area contributed by atoms with Crippen molar-refractivity contribution in [2.75, 3.05) is 0 Å². The van der Waals surface area contributed by atoms with Gasteiger partial charge in [0.15, 0.2) is 0 Å². The third kappa shape index (κ3) is 2.50. The lowest BCUT2D eigenvalue weighted by Gasteiger charge is -2.22. The molecule has 0 amide bonds. The fourth-order valence-corrected chi connectivity index (χ4v) is 3.96. The Morgan fingerprint density at radius 1 is 1.10 bits per heavy atom. The first-order valence-electron chi connectivity index (χ1n) is 8.23. The molecule has 0 aliphatic heterocycles. The molecule has 2 heterocycles. The Morgan fingerprint density at radius 3 is 2.81 bits per heavy atom. The minimum Gasteiger partial charge on any atom is -0.272 e. The monoisotopic (exact) mass is 281 g/mol. The molecule has 0 N–H and O–H groups in total. The molecule has 2 aliphatic carbocycles. The smallest absolute Gasteiger partial charge is 0.0568 e. The van der Waals surface area contributed by atoms with E-state index in [9.17, 15) is 0 Å². The van der Waals surface area contributed by atoms with Crippen LogP contribution in [0, 0.1) is 5.41 Å². The van der Waals surface area contributed by atoms with Crippen molar-refractivity contribution < 1.29 is 0 Å². The molecule has 2 aromatic heterocycles. The predicted molar refractivity (Wildman–Crippen MR) is 84.1 cm³/mol. The lowest BCUT2D eigenvalue weighted by molar-refractivity contribution is 0.268. The van der Waals surface area contributed by atoms with Crippen LogP contribution >= 0.6 is 0 Å². The molecule has 1 fully saturated rings. The van der Waals surface area contributed by atoms with Crippen LogP contribution in [0.2, 0.25) is 0 Å². The molecule has 1 saturated carbocycles. The fourth-order valence-electron chi connectivity index (χ4n) is 3.96. The van der Waals surface area contributed by atoms with Gasteiger partial charge in [0.25, 0.3) is 0 Å². The van der Waals surface area contributed by atoms with Crippen molar-refractivity contribution in [2.24, 2.45) is 5.41 Å². The molecule has 3 heteroatoms. The first kappa shape index (κ1) is 13.1. The van der Waals surface area contributed by atoms with E-state index in [0.717, 1.165) is 13.0 Å². The highest BCUT2D eigenvalue weighted by Crippen LogP contribution is 2.39. The molecule has 0 bridgehead atoms. The van der Waals surface area contributed by atoms with E-state index in [1.165, 1.54) is 60.9 Å². The van der Waals surface area contributed by atoms with Crippen molar-refractivity contribution in [2.45, 2.75) is 58.4 Å². The highest BCUT2D eigenvalue weighted by atomic mass is 15.3. The van der Waals surface area contributed by atoms with Crippen LogP contribution in [0.25, 0.3) is 11.1 Å². The highest BCUT2D eigenvalue weighted by molar-refractivity contribution is 5.62. The Balaban J connectivity index is 1.56. The zero-order valence-corrected chi connectivity index (χ0v) is 12.8. The molecule has 4 rings (SSSR count). The number of aryl methyl sites for hydroxylation is 2. The molecule has 0 atom stereocenters. The molecular formula is C18H23N3. The van der Waals surface area contributed by atoms with Gasteiger partial charge in [0.2, 0.25) is 0 Å². The Hall–Kier alpha value is -1.64. The van der Waals surface area contributed by atoms with Gasteiger partial charge >= 0.3 is 0 Å². The zero-order chi connectivity index (χ0) is 14.3. The van der Waals surface area contributed by atoms with E-state index < -0.39 is 0 Å². The Kier molecular flexibility index (Phi) is 3.09. The fraction of sp³-hybridized carbons (Fsp3) is 0.556. The number of nitrogens with zero attached hydrogens (tertiary/aromatic N) is 3. The van der Waals surface area contributed by atoms with Gasteiger partial charge in [-0.05, 0) is 49.1 Å². The number of rotatable bonds is 3. The van der Waals surface area contributed by atoms with Crippen LogP contribution < -0.4 is 0 Å². The molecule has 0 saturated heterocycles. The number of fused-ring (bicyclic) bond motifs is 1. The van der Waals surface area contributed by atoms with Crippen LogP contribution in [0.1, 0.15) is 50.3 Å². The van der Waals surface area contributed by atoms with Crippen molar-refractivity contribution in [1.29, 1.82) is 0 Å². The summed E-state index contributed by atoms with van der Waals surface area (Å²) >= 11 is 0. The molecule has 3 nitrogen and oxygen atoms in total. The average molecular weight is 281 g/mol. The maximum atomic E-state index is 4.62. The molecule has 110 valence electrons. The van der Waals surface area contributed by atoms with E-state index in [1.807, 2.05) is 12.4 Å². The van der Waals surface area contributed by atoms with Gasteiger partial charge in [0, 0.05) is 35.8 Å². The van der Waals surface area contributed by atoms with Gasteiger partial charge in [-0.3, -0.25) is 9.67 Å². The Labute approximate surface area is 126 Å². The van der Waals surface area contributed by atoms with Gasteiger partial charge in [0.1, 0.15) is 0 Å². The SMILES string of the molecule is CC1(Cn2cc(-c3cnc4c(c3)CCC4)cn2)CCCC1. The first-order chi connectivity index (χ1) is 10.2. The molecule has 2 aromatic rings. The van der Waals surface area contributed by atoms with E-state index in [-0.39, 0.29) is 0 Å². The number of pyridine rings is 1. The minimum atomic E-state index is 0.444. The van der Waals surface area contributed by atoms with E-state index >= 15 is 0 Å². The average Bonchev–Trinajstić information content (AvgIpc) is 3.18. The second-order valence-corrected chi connectivity index (χ2v) is 7.13. The lowest BCUT2D eigenvalue weighted by atomic mass is 9.89. The summed E-state index contributed by atoms with van der Waals surface area (Å²) in [5, 5.41) is 4.58. The summed E-state index contributed by atoms with van der Waals surface area (Å²) in [5.74, 6) is 0. The summed E-state index contributed by atoms with van der Waals surface area (Å²) < 4.78 is 2.13. The minimum absolute atomic E-state index is 0.444. The van der Waals surface area contributed by atoms with Gasteiger partial charge in [-0.1, -0.05) is 19.8 Å². The van der Waals surface area contributed by atoms with Gasteiger partial charge in [-0.15, -0.1) is 0 Å². The van der Waals surface area contributed by atoms with Gasteiger partial charge in [-0.25, -0.2) is 0 Å². The van der Waals surface area contributed by atoms with Crippen LogP contribution in [0.3, 0.4) is 0 Å². The molecular weight excluding hydrogens is 258 g/mol. The van der Waals surface area contributed by atoms with Crippen molar-refractivity contribution in [1.82, 2.24) is 14.8 Å². The Morgan fingerprint density at radius 2 is 1.95 bits per heavy atom. The highest BCUT2D eigenvalue weighted by Gasteiger charge is 2.29. The van der Waals surface area contributed by atoms with Gasteiger partial charge in [-0.2, -0.15) is 5.10 Å². The zero-order valence-electron chi connectivity index (χ0n) is 12.8. The first-order valence-corrected chi connectivity index (χ1v) is 8.23. The Bertz CT molecular complexity index is 650. The van der Waals surface area contributed by atoms with Crippen molar-refractivity contribution in [3.8, 4) is 11.1 Å². The second kappa shape index (κ2) is 4.97. The van der Waals surface area contributed by atoms with Crippen molar-refractivity contribution >= 4 is 0 Å². The summed E-state index contributed by atoms with van der Waals surface area (Å²) in [7, 11) is 0. The maximum absolute atomic E-state index is 4.62. The normalized spacial score (nSPS) is 19.9. The molecule has 2 aliphatic rings. The summed E-state index contributed by atoms with van der Waals surface area (Å²) in [6.45, 7) is 3.45. The van der Waals surface area contributed by atoms with Crippen LogP contribution in [-0.4, -0.2) is 14.8 Å². The van der Waals surface area contributed by atoms with Crippen LogP contribution in [0.5, 0.6) is 0 Å². The third-order valence-corrected chi connectivity index (χ3v) is 5.24. The lowest BCUT2D eigenvalue weighted by Crippen LogP contribution is -2.19. The summed E-state index contributed by atoms with van der Waals surface area (Å²) in [6, 6.07) is 2.31. The van der Waals surface area contributed by atoms with Crippen molar-refractivity contribution in [3.63, 3.8) is 0 Å². The summed E-state index contributed by atoms with van der Waals surface area (Å²) in [6.07, 6.45) is 15.2. The molecule has 0 aromatic carbocycles. The molecule has 0 spiro atoms. The molecule has 0 radical (unpaired) electrons. The van der Waals surface area contributed by atoms with E-state index in [0.29, 0.717) is 5.41 Å².